The summed E-state index contributed by atoms with van der Waals surface area (Å²) in [4.78, 5) is 0. The number of benzene rings is 2. The SMILES string of the molecule is c1cc(-c2ccc3c(c2)CCNC3)c2ccoc2c1. The molecule has 2 aromatic carbocycles. The van der Waals surface area contributed by atoms with Crippen molar-refractivity contribution in [1.29, 1.82) is 0 Å². The van der Waals surface area contributed by atoms with Crippen molar-refractivity contribution in [2.45, 2.75) is 13.0 Å². The lowest BCUT2D eigenvalue weighted by molar-refractivity contribution is 0.616. The Labute approximate surface area is 112 Å². The molecule has 1 aliphatic heterocycles. The molecule has 19 heavy (non-hydrogen) atoms. The van der Waals surface area contributed by atoms with E-state index in [4.69, 9.17) is 4.42 Å². The summed E-state index contributed by atoms with van der Waals surface area (Å²) >= 11 is 0. The first-order valence-electron chi connectivity index (χ1n) is 6.71. The largest absolute Gasteiger partial charge is 0.464 e. The maximum Gasteiger partial charge on any atom is 0.134 e. The maximum atomic E-state index is 5.48. The molecule has 1 N–H and O–H groups in total. The topological polar surface area (TPSA) is 25.2 Å². The van der Waals surface area contributed by atoms with Gasteiger partial charge >= 0.3 is 0 Å². The van der Waals surface area contributed by atoms with Crippen molar-refractivity contribution in [2.24, 2.45) is 0 Å². The molecule has 0 aliphatic carbocycles. The fraction of sp³-hybridized carbons (Fsp3) is 0.176. The summed E-state index contributed by atoms with van der Waals surface area (Å²) in [6, 6.07) is 15.1. The van der Waals surface area contributed by atoms with Gasteiger partial charge in [0.25, 0.3) is 0 Å². The molecule has 0 fully saturated rings. The van der Waals surface area contributed by atoms with E-state index >= 15 is 0 Å². The first-order chi connectivity index (χ1) is 9.42. The van der Waals surface area contributed by atoms with E-state index in [9.17, 15) is 0 Å². The minimum absolute atomic E-state index is 0.955. The van der Waals surface area contributed by atoms with Crippen molar-refractivity contribution in [3.63, 3.8) is 0 Å². The van der Waals surface area contributed by atoms with Crippen LogP contribution in [0.15, 0.2) is 53.1 Å². The van der Waals surface area contributed by atoms with E-state index < -0.39 is 0 Å². The van der Waals surface area contributed by atoms with Gasteiger partial charge in [-0.25, -0.2) is 0 Å². The summed E-state index contributed by atoms with van der Waals surface area (Å²) in [5.41, 5.74) is 6.39. The molecule has 2 heteroatoms. The highest BCUT2D eigenvalue weighted by molar-refractivity contribution is 5.94. The van der Waals surface area contributed by atoms with Gasteiger partial charge < -0.3 is 9.73 Å². The Morgan fingerprint density at radius 3 is 3.00 bits per heavy atom. The van der Waals surface area contributed by atoms with Gasteiger partial charge in [-0.2, -0.15) is 0 Å². The van der Waals surface area contributed by atoms with Gasteiger partial charge in [0.15, 0.2) is 0 Å². The lowest BCUT2D eigenvalue weighted by Gasteiger charge is -2.18. The van der Waals surface area contributed by atoms with Crippen LogP contribution in [-0.4, -0.2) is 6.54 Å². The molecule has 0 spiro atoms. The molecule has 0 bridgehead atoms. The van der Waals surface area contributed by atoms with Crippen LogP contribution in [0.2, 0.25) is 0 Å². The number of fused-ring (bicyclic) bond motifs is 2. The summed E-state index contributed by atoms with van der Waals surface area (Å²) < 4.78 is 5.48. The average molecular weight is 249 g/mol. The summed E-state index contributed by atoms with van der Waals surface area (Å²) in [6.07, 6.45) is 2.88. The molecule has 0 saturated heterocycles. The van der Waals surface area contributed by atoms with Crippen molar-refractivity contribution in [2.75, 3.05) is 6.54 Å². The predicted molar refractivity (Wildman–Crippen MR) is 77.1 cm³/mol. The summed E-state index contributed by atoms with van der Waals surface area (Å²) in [6.45, 7) is 2.07. The summed E-state index contributed by atoms with van der Waals surface area (Å²) in [5.74, 6) is 0. The van der Waals surface area contributed by atoms with E-state index in [0.29, 0.717) is 0 Å². The number of rotatable bonds is 1. The minimum Gasteiger partial charge on any atom is -0.464 e. The van der Waals surface area contributed by atoms with Crippen LogP contribution >= 0.6 is 0 Å². The minimum atomic E-state index is 0.955. The Bertz CT molecular complexity index is 742. The van der Waals surface area contributed by atoms with Gasteiger partial charge in [-0.3, -0.25) is 0 Å². The van der Waals surface area contributed by atoms with E-state index in [-0.39, 0.29) is 0 Å². The van der Waals surface area contributed by atoms with Crippen LogP contribution in [0.3, 0.4) is 0 Å². The highest BCUT2D eigenvalue weighted by Crippen LogP contribution is 2.31. The van der Waals surface area contributed by atoms with Gasteiger partial charge in [0.05, 0.1) is 6.26 Å². The van der Waals surface area contributed by atoms with Crippen molar-refractivity contribution in [3.8, 4) is 11.1 Å². The van der Waals surface area contributed by atoms with Crippen LogP contribution in [0.5, 0.6) is 0 Å². The van der Waals surface area contributed by atoms with E-state index in [1.807, 2.05) is 12.1 Å². The Kier molecular flexibility index (Phi) is 2.42. The number of hydrogen-bond acceptors (Lipinski definition) is 2. The van der Waals surface area contributed by atoms with Crippen LogP contribution in [0.25, 0.3) is 22.1 Å². The molecule has 0 unspecified atom stereocenters. The van der Waals surface area contributed by atoms with E-state index in [0.717, 1.165) is 25.1 Å². The van der Waals surface area contributed by atoms with Gasteiger partial charge in [-0.05, 0) is 47.4 Å². The average Bonchev–Trinajstić information content (AvgIpc) is 2.95. The van der Waals surface area contributed by atoms with Gasteiger partial charge in [0, 0.05) is 11.9 Å². The summed E-state index contributed by atoms with van der Waals surface area (Å²) in [5, 5.41) is 4.60. The zero-order valence-corrected chi connectivity index (χ0v) is 10.6. The Hall–Kier alpha value is -2.06. The molecule has 0 saturated carbocycles. The Balaban J connectivity index is 1.90. The second-order valence-electron chi connectivity index (χ2n) is 5.05. The maximum absolute atomic E-state index is 5.48. The highest BCUT2D eigenvalue weighted by atomic mass is 16.3. The normalized spacial score (nSPS) is 14.5. The molecule has 0 radical (unpaired) electrons. The van der Waals surface area contributed by atoms with Crippen molar-refractivity contribution in [1.82, 2.24) is 5.32 Å². The van der Waals surface area contributed by atoms with Crippen LogP contribution < -0.4 is 5.32 Å². The van der Waals surface area contributed by atoms with E-state index in [2.05, 4.69) is 35.6 Å². The lowest BCUT2D eigenvalue weighted by Crippen LogP contribution is -2.23. The molecule has 4 rings (SSSR count). The molecular weight excluding hydrogens is 234 g/mol. The van der Waals surface area contributed by atoms with E-state index in [1.165, 1.54) is 27.6 Å². The van der Waals surface area contributed by atoms with Crippen molar-refractivity contribution in [3.05, 3.63) is 59.9 Å². The fourth-order valence-electron chi connectivity index (χ4n) is 2.89. The zero-order chi connectivity index (χ0) is 12.7. The molecule has 0 amide bonds. The number of hydrogen-bond donors (Lipinski definition) is 1. The van der Waals surface area contributed by atoms with Gasteiger partial charge in [0.1, 0.15) is 5.58 Å². The highest BCUT2D eigenvalue weighted by Gasteiger charge is 2.11. The first-order valence-corrected chi connectivity index (χ1v) is 6.71. The van der Waals surface area contributed by atoms with Crippen molar-refractivity contribution >= 4 is 11.0 Å². The quantitative estimate of drug-likeness (QED) is 0.710. The number of nitrogens with one attached hydrogen (secondary N) is 1. The molecular formula is C17H15NO. The summed E-state index contributed by atoms with van der Waals surface area (Å²) in [7, 11) is 0. The molecule has 0 atom stereocenters. The van der Waals surface area contributed by atoms with Crippen LogP contribution in [0, 0.1) is 0 Å². The molecule has 94 valence electrons. The van der Waals surface area contributed by atoms with Gasteiger partial charge in [-0.15, -0.1) is 0 Å². The number of furan rings is 1. The second-order valence-corrected chi connectivity index (χ2v) is 5.05. The standard InChI is InChI=1S/C17H15NO/c1-2-15(16-7-9-19-17(16)3-1)13-4-5-14-11-18-8-6-12(14)10-13/h1-5,7,9-10,18H,6,8,11H2. The Morgan fingerprint density at radius 2 is 2.00 bits per heavy atom. The predicted octanol–water partition coefficient (Wildman–Crippen LogP) is 3.75. The molecule has 2 heterocycles. The lowest BCUT2D eigenvalue weighted by atomic mass is 9.94. The zero-order valence-electron chi connectivity index (χ0n) is 10.6. The molecule has 3 aromatic rings. The van der Waals surface area contributed by atoms with Gasteiger partial charge in [-0.1, -0.05) is 30.3 Å². The van der Waals surface area contributed by atoms with E-state index in [1.54, 1.807) is 6.26 Å². The second kappa shape index (κ2) is 4.25. The first kappa shape index (κ1) is 10.8. The third-order valence-corrected chi connectivity index (χ3v) is 3.90. The van der Waals surface area contributed by atoms with Crippen LogP contribution in [-0.2, 0) is 13.0 Å². The Morgan fingerprint density at radius 1 is 1.00 bits per heavy atom. The third kappa shape index (κ3) is 1.76. The molecule has 1 aromatic heterocycles. The van der Waals surface area contributed by atoms with Crippen LogP contribution in [0.1, 0.15) is 11.1 Å². The fourth-order valence-corrected chi connectivity index (χ4v) is 2.89. The molecule has 2 nitrogen and oxygen atoms in total. The molecule has 1 aliphatic rings. The smallest absolute Gasteiger partial charge is 0.134 e. The van der Waals surface area contributed by atoms with Crippen LogP contribution in [0.4, 0.5) is 0 Å². The third-order valence-electron chi connectivity index (χ3n) is 3.90. The monoisotopic (exact) mass is 249 g/mol. The van der Waals surface area contributed by atoms with Gasteiger partial charge in [0.2, 0.25) is 0 Å². The van der Waals surface area contributed by atoms with Crippen molar-refractivity contribution < 1.29 is 4.42 Å².